The molecule has 0 saturated carbocycles. The molecule has 2 saturated heterocycles. The summed E-state index contributed by atoms with van der Waals surface area (Å²) in [6, 6.07) is 1.10. The van der Waals surface area contributed by atoms with Crippen molar-refractivity contribution in [3.63, 3.8) is 0 Å². The molecule has 2 N–H and O–H groups in total. The van der Waals surface area contributed by atoms with Crippen molar-refractivity contribution in [1.82, 2.24) is 15.5 Å². The summed E-state index contributed by atoms with van der Waals surface area (Å²) in [7, 11) is 0. The first-order valence-electron chi connectivity index (χ1n) is 5.50. The number of hydrogen-bond acceptors (Lipinski definition) is 3. The van der Waals surface area contributed by atoms with Crippen LogP contribution in [-0.2, 0) is 4.79 Å². The Balaban J connectivity index is 1.95. The average Bonchev–Trinajstić information content (AvgIpc) is 2.23. The fraction of sp³-hybridized carbons (Fsp3) is 0.900. The van der Waals surface area contributed by atoms with Gasteiger partial charge in [0, 0.05) is 18.6 Å². The molecule has 4 nitrogen and oxygen atoms in total. The molecule has 0 aromatic heterocycles. The normalized spacial score (nSPS) is 31.5. The number of carbonyl (C=O) groups is 1. The van der Waals surface area contributed by atoms with E-state index in [2.05, 4.69) is 22.5 Å². The van der Waals surface area contributed by atoms with Gasteiger partial charge in [0.2, 0.25) is 5.91 Å². The van der Waals surface area contributed by atoms with Gasteiger partial charge in [0.15, 0.2) is 0 Å². The third-order valence-electron chi connectivity index (χ3n) is 3.26. The predicted molar refractivity (Wildman–Crippen MR) is 55.1 cm³/mol. The maximum Gasteiger partial charge on any atom is 0.234 e. The molecule has 0 aromatic carbocycles. The highest BCUT2D eigenvalue weighted by Gasteiger charge is 2.29. The Morgan fingerprint density at radius 3 is 2.79 bits per heavy atom. The van der Waals surface area contributed by atoms with Gasteiger partial charge in [-0.25, -0.2) is 0 Å². The fourth-order valence-electron chi connectivity index (χ4n) is 2.38. The smallest absolute Gasteiger partial charge is 0.234 e. The molecule has 2 aliphatic rings. The van der Waals surface area contributed by atoms with Crippen LogP contribution in [0.4, 0.5) is 0 Å². The van der Waals surface area contributed by atoms with Gasteiger partial charge >= 0.3 is 0 Å². The van der Waals surface area contributed by atoms with Gasteiger partial charge in [0.1, 0.15) is 0 Å². The zero-order valence-electron chi connectivity index (χ0n) is 8.75. The molecule has 0 aromatic rings. The van der Waals surface area contributed by atoms with Gasteiger partial charge < -0.3 is 10.6 Å². The van der Waals surface area contributed by atoms with Gasteiger partial charge in [-0.3, -0.25) is 9.69 Å². The molecule has 14 heavy (non-hydrogen) atoms. The number of amides is 1. The van der Waals surface area contributed by atoms with E-state index in [1.807, 2.05) is 0 Å². The number of nitrogens with zero attached hydrogens (tertiary/aromatic N) is 1. The van der Waals surface area contributed by atoms with Gasteiger partial charge in [0.05, 0.1) is 6.54 Å². The van der Waals surface area contributed by atoms with Crippen molar-refractivity contribution in [2.45, 2.75) is 31.8 Å². The molecular formula is C10H19N3O. The van der Waals surface area contributed by atoms with Crippen LogP contribution in [0.5, 0.6) is 0 Å². The van der Waals surface area contributed by atoms with E-state index < -0.39 is 0 Å². The van der Waals surface area contributed by atoms with Crippen LogP contribution in [-0.4, -0.2) is 49.1 Å². The highest BCUT2D eigenvalue weighted by atomic mass is 16.2. The van der Waals surface area contributed by atoms with Crippen molar-refractivity contribution in [3.05, 3.63) is 0 Å². The van der Waals surface area contributed by atoms with E-state index >= 15 is 0 Å². The lowest BCUT2D eigenvalue weighted by atomic mass is 10.0. The monoisotopic (exact) mass is 197 g/mol. The van der Waals surface area contributed by atoms with Crippen LogP contribution in [0.3, 0.4) is 0 Å². The standard InChI is InChI=1S/C10H19N3O/c1-8-6-12-10(14)7-13(8)9-2-4-11-5-3-9/h8-9,11H,2-7H2,1H3,(H,12,14). The van der Waals surface area contributed by atoms with E-state index in [1.165, 1.54) is 12.8 Å². The summed E-state index contributed by atoms with van der Waals surface area (Å²) in [4.78, 5) is 13.7. The summed E-state index contributed by atoms with van der Waals surface area (Å²) >= 11 is 0. The summed E-state index contributed by atoms with van der Waals surface area (Å²) < 4.78 is 0. The molecule has 0 radical (unpaired) electrons. The molecule has 4 heteroatoms. The second-order valence-electron chi connectivity index (χ2n) is 4.31. The summed E-state index contributed by atoms with van der Waals surface area (Å²) in [6.07, 6.45) is 2.36. The SMILES string of the molecule is CC1CNC(=O)CN1C1CCNCC1. The van der Waals surface area contributed by atoms with Gasteiger partial charge in [0.25, 0.3) is 0 Å². The van der Waals surface area contributed by atoms with Crippen molar-refractivity contribution < 1.29 is 4.79 Å². The third kappa shape index (κ3) is 2.07. The van der Waals surface area contributed by atoms with Crippen molar-refractivity contribution in [2.24, 2.45) is 0 Å². The van der Waals surface area contributed by atoms with Crippen molar-refractivity contribution in [3.8, 4) is 0 Å². The van der Waals surface area contributed by atoms with Crippen LogP contribution in [0.1, 0.15) is 19.8 Å². The van der Waals surface area contributed by atoms with E-state index in [1.54, 1.807) is 0 Å². The minimum atomic E-state index is 0.182. The van der Waals surface area contributed by atoms with Crippen molar-refractivity contribution in [2.75, 3.05) is 26.2 Å². The third-order valence-corrected chi connectivity index (χ3v) is 3.26. The van der Waals surface area contributed by atoms with E-state index in [4.69, 9.17) is 0 Å². The first-order valence-corrected chi connectivity index (χ1v) is 5.50. The van der Waals surface area contributed by atoms with Crippen molar-refractivity contribution in [1.29, 1.82) is 0 Å². The van der Waals surface area contributed by atoms with E-state index in [-0.39, 0.29) is 5.91 Å². The van der Waals surface area contributed by atoms with Gasteiger partial charge in [-0.1, -0.05) is 0 Å². The summed E-state index contributed by atoms with van der Waals surface area (Å²) in [5.41, 5.74) is 0. The molecular weight excluding hydrogens is 178 g/mol. The zero-order chi connectivity index (χ0) is 9.97. The second-order valence-corrected chi connectivity index (χ2v) is 4.31. The Bertz CT molecular complexity index is 213. The second kappa shape index (κ2) is 4.28. The molecule has 2 rings (SSSR count). The highest BCUT2D eigenvalue weighted by Crippen LogP contribution is 2.16. The molecule has 2 aliphatic heterocycles. The first-order chi connectivity index (χ1) is 6.77. The van der Waals surface area contributed by atoms with Gasteiger partial charge in [-0.05, 0) is 32.9 Å². The Morgan fingerprint density at radius 2 is 2.07 bits per heavy atom. The number of carbonyl (C=O) groups excluding carboxylic acids is 1. The Hall–Kier alpha value is -0.610. The number of piperidine rings is 1. The number of rotatable bonds is 1. The van der Waals surface area contributed by atoms with Crippen LogP contribution >= 0.6 is 0 Å². The number of piperazine rings is 1. The molecule has 2 heterocycles. The molecule has 0 spiro atoms. The molecule has 0 aliphatic carbocycles. The topological polar surface area (TPSA) is 44.4 Å². The zero-order valence-corrected chi connectivity index (χ0v) is 8.75. The van der Waals surface area contributed by atoms with Gasteiger partial charge in [-0.15, -0.1) is 0 Å². The Labute approximate surface area is 85.0 Å². The quantitative estimate of drug-likeness (QED) is 0.599. The molecule has 1 unspecified atom stereocenters. The average molecular weight is 197 g/mol. The minimum absolute atomic E-state index is 0.182. The summed E-state index contributed by atoms with van der Waals surface area (Å²) in [5.74, 6) is 0.182. The molecule has 1 atom stereocenters. The molecule has 80 valence electrons. The van der Waals surface area contributed by atoms with Gasteiger partial charge in [-0.2, -0.15) is 0 Å². The Morgan fingerprint density at radius 1 is 1.36 bits per heavy atom. The lowest BCUT2D eigenvalue weighted by Crippen LogP contribution is -2.58. The number of nitrogens with one attached hydrogen (secondary N) is 2. The van der Waals surface area contributed by atoms with Crippen LogP contribution in [0.2, 0.25) is 0 Å². The molecule has 0 bridgehead atoms. The lowest BCUT2D eigenvalue weighted by molar-refractivity contribution is -0.126. The van der Waals surface area contributed by atoms with E-state index in [9.17, 15) is 4.79 Å². The number of hydrogen-bond donors (Lipinski definition) is 2. The summed E-state index contributed by atoms with van der Waals surface area (Å²) in [5, 5.41) is 6.26. The first kappa shape index (κ1) is 9.93. The maximum absolute atomic E-state index is 11.3. The molecule has 2 fully saturated rings. The summed E-state index contributed by atoms with van der Waals surface area (Å²) in [6.45, 7) is 5.78. The fourth-order valence-corrected chi connectivity index (χ4v) is 2.38. The van der Waals surface area contributed by atoms with E-state index in [0.29, 0.717) is 18.6 Å². The van der Waals surface area contributed by atoms with Crippen LogP contribution < -0.4 is 10.6 Å². The highest BCUT2D eigenvalue weighted by molar-refractivity contribution is 5.78. The predicted octanol–water partition coefficient (Wildman–Crippen LogP) is -0.441. The minimum Gasteiger partial charge on any atom is -0.353 e. The maximum atomic E-state index is 11.3. The van der Waals surface area contributed by atoms with E-state index in [0.717, 1.165) is 19.6 Å². The van der Waals surface area contributed by atoms with Crippen LogP contribution in [0.25, 0.3) is 0 Å². The lowest BCUT2D eigenvalue weighted by Gasteiger charge is -2.41. The molecule has 1 amide bonds. The van der Waals surface area contributed by atoms with Crippen molar-refractivity contribution >= 4 is 5.91 Å². The Kier molecular flexibility index (Phi) is 3.03. The largest absolute Gasteiger partial charge is 0.353 e. The van der Waals surface area contributed by atoms with Crippen LogP contribution in [0, 0.1) is 0 Å². The van der Waals surface area contributed by atoms with Crippen LogP contribution in [0.15, 0.2) is 0 Å².